The lowest BCUT2D eigenvalue weighted by Gasteiger charge is -2.02. The molecular formula is C18H21N7O. The zero-order valence-electron chi connectivity index (χ0n) is 14.5. The van der Waals surface area contributed by atoms with Gasteiger partial charge in [0.2, 0.25) is 0 Å². The number of hydrogen-bond acceptors (Lipinski definition) is 6. The van der Waals surface area contributed by atoms with Gasteiger partial charge in [-0.15, -0.1) is 0 Å². The van der Waals surface area contributed by atoms with Crippen molar-refractivity contribution in [3.8, 4) is 17.1 Å². The molecule has 0 fully saturated rings. The van der Waals surface area contributed by atoms with Crippen LogP contribution in [0.15, 0.2) is 30.6 Å². The van der Waals surface area contributed by atoms with Crippen molar-refractivity contribution >= 4 is 27.8 Å². The molecule has 0 saturated carbocycles. The van der Waals surface area contributed by atoms with Gasteiger partial charge >= 0.3 is 0 Å². The fourth-order valence-corrected chi connectivity index (χ4v) is 3.19. The lowest BCUT2D eigenvalue weighted by Crippen LogP contribution is -2.09. The quantitative estimate of drug-likeness (QED) is 0.396. The van der Waals surface area contributed by atoms with E-state index in [1.165, 1.54) is 6.33 Å². The summed E-state index contributed by atoms with van der Waals surface area (Å²) in [5, 5.41) is 19.3. The lowest BCUT2D eigenvalue weighted by molar-refractivity contribution is 0.476. The first-order valence-corrected chi connectivity index (χ1v) is 8.61. The molecule has 0 aliphatic carbocycles. The molecule has 0 atom stereocenters. The molecular weight excluding hydrogens is 330 g/mol. The van der Waals surface area contributed by atoms with Crippen LogP contribution in [-0.4, -0.2) is 43.4 Å². The van der Waals surface area contributed by atoms with E-state index in [0.29, 0.717) is 5.82 Å². The summed E-state index contributed by atoms with van der Waals surface area (Å²) in [4.78, 5) is 11.9. The number of nitrogen functional groups attached to an aromatic ring is 1. The molecule has 0 unspecified atom stereocenters. The monoisotopic (exact) mass is 351 g/mol. The number of nitrogens with one attached hydrogen (secondary N) is 2. The van der Waals surface area contributed by atoms with Gasteiger partial charge in [0.25, 0.3) is 0 Å². The van der Waals surface area contributed by atoms with Crippen molar-refractivity contribution in [1.82, 2.24) is 30.0 Å². The van der Waals surface area contributed by atoms with Gasteiger partial charge in [-0.2, -0.15) is 5.10 Å². The second kappa shape index (κ2) is 6.64. The van der Waals surface area contributed by atoms with Gasteiger partial charge in [-0.1, -0.05) is 0 Å². The van der Waals surface area contributed by atoms with Crippen LogP contribution in [0.25, 0.3) is 33.3 Å². The summed E-state index contributed by atoms with van der Waals surface area (Å²) in [7, 11) is 1.95. The number of aromatic hydroxyl groups is 1. The molecule has 0 aliphatic heterocycles. The minimum absolute atomic E-state index is 0.228. The molecule has 26 heavy (non-hydrogen) atoms. The molecule has 8 heteroatoms. The Morgan fingerprint density at radius 3 is 2.96 bits per heavy atom. The maximum Gasteiger partial charge on any atom is 0.164 e. The second-order valence-corrected chi connectivity index (χ2v) is 6.29. The summed E-state index contributed by atoms with van der Waals surface area (Å²) < 4.78 is 1.89. The van der Waals surface area contributed by atoms with Gasteiger partial charge in [-0.3, -0.25) is 0 Å². The molecule has 134 valence electrons. The van der Waals surface area contributed by atoms with Crippen LogP contribution < -0.4 is 11.1 Å². The number of phenolic OH excluding ortho intramolecular Hbond substituents is 1. The highest BCUT2D eigenvalue weighted by atomic mass is 16.3. The summed E-state index contributed by atoms with van der Waals surface area (Å²) >= 11 is 0. The average Bonchev–Trinajstić information content (AvgIpc) is 3.20. The van der Waals surface area contributed by atoms with Gasteiger partial charge < -0.3 is 21.1 Å². The van der Waals surface area contributed by atoms with Crippen molar-refractivity contribution in [3.05, 3.63) is 30.6 Å². The maximum absolute atomic E-state index is 9.69. The van der Waals surface area contributed by atoms with E-state index in [9.17, 15) is 5.11 Å². The Balaban J connectivity index is 1.80. The zero-order valence-corrected chi connectivity index (χ0v) is 14.5. The highest BCUT2D eigenvalue weighted by molar-refractivity contribution is 5.99. The van der Waals surface area contributed by atoms with E-state index in [2.05, 4.69) is 20.3 Å². The summed E-state index contributed by atoms with van der Waals surface area (Å²) in [5.41, 5.74) is 9.34. The molecule has 3 heterocycles. The van der Waals surface area contributed by atoms with Crippen molar-refractivity contribution in [2.45, 2.75) is 19.4 Å². The van der Waals surface area contributed by atoms with Gasteiger partial charge in [0, 0.05) is 17.4 Å². The smallest absolute Gasteiger partial charge is 0.164 e. The third-order valence-electron chi connectivity index (χ3n) is 4.46. The normalized spacial score (nSPS) is 11.6. The van der Waals surface area contributed by atoms with Crippen LogP contribution in [0.4, 0.5) is 5.82 Å². The first-order chi connectivity index (χ1) is 12.7. The number of aromatic amines is 1. The molecule has 0 bridgehead atoms. The van der Waals surface area contributed by atoms with Crippen LogP contribution in [0.5, 0.6) is 5.75 Å². The van der Waals surface area contributed by atoms with Gasteiger partial charge in [-0.05, 0) is 50.7 Å². The fraction of sp³-hybridized carbons (Fsp3) is 0.278. The first kappa shape index (κ1) is 16.3. The van der Waals surface area contributed by atoms with Gasteiger partial charge in [-0.25, -0.2) is 14.6 Å². The lowest BCUT2D eigenvalue weighted by atomic mass is 10.2. The summed E-state index contributed by atoms with van der Waals surface area (Å²) in [6.45, 7) is 1.73. The number of nitrogens with two attached hydrogens (primary N) is 1. The van der Waals surface area contributed by atoms with Crippen molar-refractivity contribution in [3.63, 3.8) is 0 Å². The second-order valence-electron chi connectivity index (χ2n) is 6.29. The van der Waals surface area contributed by atoms with Crippen LogP contribution in [-0.2, 0) is 6.54 Å². The molecule has 5 N–H and O–H groups in total. The minimum atomic E-state index is 0.228. The minimum Gasteiger partial charge on any atom is -0.508 e. The summed E-state index contributed by atoms with van der Waals surface area (Å²) in [6, 6.07) is 7.16. The van der Waals surface area contributed by atoms with Crippen LogP contribution >= 0.6 is 0 Å². The van der Waals surface area contributed by atoms with Crippen molar-refractivity contribution < 1.29 is 5.11 Å². The average molecular weight is 351 g/mol. The number of aryl methyl sites for hydroxylation is 1. The van der Waals surface area contributed by atoms with E-state index in [1.807, 2.05) is 23.9 Å². The summed E-state index contributed by atoms with van der Waals surface area (Å²) in [6.07, 6.45) is 3.51. The van der Waals surface area contributed by atoms with E-state index in [0.717, 1.165) is 59.3 Å². The molecule has 0 spiro atoms. The fourth-order valence-electron chi connectivity index (χ4n) is 3.19. The number of phenols is 1. The van der Waals surface area contributed by atoms with Crippen LogP contribution in [0, 0.1) is 0 Å². The Kier molecular flexibility index (Phi) is 4.18. The van der Waals surface area contributed by atoms with Gasteiger partial charge in [0.1, 0.15) is 23.6 Å². The number of unbranched alkanes of at least 4 members (excludes halogenated alkanes) is 1. The van der Waals surface area contributed by atoms with Crippen molar-refractivity contribution in [2.75, 3.05) is 19.3 Å². The largest absolute Gasteiger partial charge is 0.508 e. The van der Waals surface area contributed by atoms with Crippen LogP contribution in [0.1, 0.15) is 12.8 Å². The SMILES string of the molecule is CNCCCCn1nc(-c2cc3cc(O)ccc3[nH]2)c2c(N)ncnc21. The summed E-state index contributed by atoms with van der Waals surface area (Å²) in [5.74, 6) is 0.638. The molecule has 0 amide bonds. The van der Waals surface area contributed by atoms with E-state index >= 15 is 0 Å². The Hall–Kier alpha value is -3.13. The number of anilines is 1. The number of rotatable bonds is 6. The molecule has 0 aliphatic rings. The maximum atomic E-state index is 9.69. The molecule has 4 rings (SSSR count). The number of fused-ring (bicyclic) bond motifs is 2. The predicted octanol–water partition coefficient (Wildman–Crippen LogP) is 2.26. The molecule has 4 aromatic rings. The van der Waals surface area contributed by atoms with E-state index in [4.69, 9.17) is 10.8 Å². The Morgan fingerprint density at radius 1 is 1.23 bits per heavy atom. The Labute approximate surface area is 150 Å². The third kappa shape index (κ3) is 2.84. The number of hydrogen-bond donors (Lipinski definition) is 4. The van der Waals surface area contributed by atoms with Gasteiger partial charge in [0.05, 0.1) is 11.1 Å². The van der Waals surface area contributed by atoms with E-state index < -0.39 is 0 Å². The topological polar surface area (TPSA) is 118 Å². The molecule has 8 nitrogen and oxygen atoms in total. The van der Waals surface area contributed by atoms with Crippen molar-refractivity contribution in [2.24, 2.45) is 0 Å². The van der Waals surface area contributed by atoms with Gasteiger partial charge in [0.15, 0.2) is 5.65 Å². The number of benzene rings is 1. The molecule has 3 aromatic heterocycles. The highest BCUT2D eigenvalue weighted by Gasteiger charge is 2.18. The van der Waals surface area contributed by atoms with Crippen LogP contribution in [0.2, 0.25) is 0 Å². The van der Waals surface area contributed by atoms with E-state index in [-0.39, 0.29) is 5.75 Å². The molecule has 0 saturated heterocycles. The first-order valence-electron chi connectivity index (χ1n) is 8.61. The Morgan fingerprint density at radius 2 is 2.12 bits per heavy atom. The standard InChI is InChI=1S/C18H21N7O/c1-20-6-2-3-7-25-18-15(17(19)21-10-22-18)16(24-25)14-9-11-8-12(26)4-5-13(11)23-14/h4-5,8-10,20,23,26H,2-3,6-7H2,1H3,(H2,19,21,22). The predicted molar refractivity (Wildman–Crippen MR) is 102 cm³/mol. The number of aromatic nitrogens is 5. The highest BCUT2D eigenvalue weighted by Crippen LogP contribution is 2.32. The third-order valence-corrected chi connectivity index (χ3v) is 4.46. The number of H-pyrrole nitrogens is 1. The molecule has 1 aromatic carbocycles. The Bertz CT molecular complexity index is 1070. The van der Waals surface area contributed by atoms with Crippen molar-refractivity contribution in [1.29, 1.82) is 0 Å². The van der Waals surface area contributed by atoms with E-state index in [1.54, 1.807) is 12.1 Å². The zero-order chi connectivity index (χ0) is 18.1. The van der Waals surface area contributed by atoms with Crippen LogP contribution in [0.3, 0.4) is 0 Å². The molecule has 0 radical (unpaired) electrons. The number of nitrogens with zero attached hydrogens (tertiary/aromatic N) is 4.